The number of nitrogens with one attached hydrogen (secondary N) is 1. The van der Waals surface area contributed by atoms with E-state index in [-0.39, 0.29) is 36.9 Å². The minimum Gasteiger partial charge on any atom is -0.491 e. The molecule has 2 heterocycles. The van der Waals surface area contributed by atoms with E-state index in [0.717, 1.165) is 18.4 Å². The third-order valence-electron chi connectivity index (χ3n) is 5.71. The van der Waals surface area contributed by atoms with Gasteiger partial charge in [-0.15, -0.1) is 11.3 Å². The molecule has 3 amide bonds. The van der Waals surface area contributed by atoms with Gasteiger partial charge in [0.25, 0.3) is 0 Å². The van der Waals surface area contributed by atoms with E-state index in [1.165, 1.54) is 17.0 Å². The van der Waals surface area contributed by atoms with Crippen LogP contribution in [0.3, 0.4) is 0 Å². The van der Waals surface area contributed by atoms with Crippen LogP contribution in [0.2, 0.25) is 0 Å². The Morgan fingerprint density at radius 1 is 1.24 bits per heavy atom. The van der Waals surface area contributed by atoms with Crippen LogP contribution in [-0.4, -0.2) is 53.5 Å². The van der Waals surface area contributed by atoms with Gasteiger partial charge < -0.3 is 19.9 Å². The Morgan fingerprint density at radius 2 is 1.94 bits per heavy atom. The molecule has 0 spiro atoms. The van der Waals surface area contributed by atoms with Gasteiger partial charge in [0, 0.05) is 23.5 Å². The number of hydrogen-bond acceptors (Lipinski definition) is 4. The van der Waals surface area contributed by atoms with Crippen LogP contribution in [-0.2, 0) is 11.2 Å². The lowest BCUT2D eigenvalue weighted by Crippen LogP contribution is -2.53. The summed E-state index contributed by atoms with van der Waals surface area (Å²) in [7, 11) is 0. The molecule has 1 aliphatic heterocycles. The van der Waals surface area contributed by atoms with Gasteiger partial charge in [0.2, 0.25) is 5.91 Å². The number of halogens is 1. The van der Waals surface area contributed by atoms with Crippen molar-refractivity contribution in [2.75, 3.05) is 26.2 Å². The Labute approximate surface area is 206 Å². The van der Waals surface area contributed by atoms with E-state index in [1.807, 2.05) is 37.1 Å². The van der Waals surface area contributed by atoms with E-state index in [0.29, 0.717) is 24.8 Å². The lowest BCUT2D eigenvalue weighted by Gasteiger charge is -2.37. The van der Waals surface area contributed by atoms with Crippen molar-refractivity contribution in [1.29, 1.82) is 0 Å². The average molecular weight is 490 g/mol. The summed E-state index contributed by atoms with van der Waals surface area (Å²) >= 11 is 1.69. The standard InChI is InChI=1S/C26H36FN3O3S/c1-18(2)10-13-29(25(32)28-26(3,4)5)16-24(31)30-14-11-23-21(12-15-34-23)22(30)17-33-20-8-6-19(27)7-9-20/h6-9,12,15,18,22H,10-11,13-14,16-17H2,1-5H3,(H,28,32)/t22-/m1/s1. The lowest BCUT2D eigenvalue weighted by molar-refractivity contribution is -0.135. The molecule has 0 saturated heterocycles. The molecule has 1 aliphatic rings. The second-order valence-corrected chi connectivity index (χ2v) is 11.2. The second kappa shape index (κ2) is 11.2. The van der Waals surface area contributed by atoms with Crippen molar-refractivity contribution in [3.8, 4) is 5.75 Å². The molecule has 1 aromatic heterocycles. The quantitative estimate of drug-likeness (QED) is 0.551. The molecule has 1 N–H and O–H groups in total. The zero-order valence-corrected chi connectivity index (χ0v) is 21.6. The molecule has 1 aromatic carbocycles. The monoisotopic (exact) mass is 489 g/mol. The normalized spacial score (nSPS) is 15.7. The minimum atomic E-state index is -0.390. The Kier molecular flexibility index (Phi) is 8.57. The number of benzene rings is 1. The third kappa shape index (κ3) is 7.19. The first kappa shape index (κ1) is 26.0. The number of rotatable bonds is 8. The van der Waals surface area contributed by atoms with Crippen molar-refractivity contribution in [1.82, 2.24) is 15.1 Å². The molecule has 3 rings (SSSR count). The molecule has 186 valence electrons. The summed E-state index contributed by atoms with van der Waals surface area (Å²) in [6, 6.07) is 7.44. The van der Waals surface area contributed by atoms with Crippen molar-refractivity contribution < 1.29 is 18.7 Å². The van der Waals surface area contributed by atoms with Crippen LogP contribution < -0.4 is 10.1 Å². The van der Waals surface area contributed by atoms with Gasteiger partial charge in [-0.25, -0.2) is 9.18 Å². The van der Waals surface area contributed by atoms with Crippen LogP contribution in [0, 0.1) is 11.7 Å². The van der Waals surface area contributed by atoms with Crippen molar-refractivity contribution in [3.63, 3.8) is 0 Å². The zero-order valence-electron chi connectivity index (χ0n) is 20.8. The van der Waals surface area contributed by atoms with Crippen LogP contribution in [0.15, 0.2) is 35.7 Å². The lowest BCUT2D eigenvalue weighted by atomic mass is 10.0. The van der Waals surface area contributed by atoms with E-state index >= 15 is 0 Å². The summed E-state index contributed by atoms with van der Waals surface area (Å²) < 4.78 is 19.2. The molecule has 0 saturated carbocycles. The summed E-state index contributed by atoms with van der Waals surface area (Å²) in [5.41, 5.74) is 0.693. The van der Waals surface area contributed by atoms with Gasteiger partial charge >= 0.3 is 6.03 Å². The molecule has 0 unspecified atom stereocenters. The van der Waals surface area contributed by atoms with Gasteiger partial charge in [0.15, 0.2) is 0 Å². The van der Waals surface area contributed by atoms with Gasteiger partial charge in [-0.1, -0.05) is 13.8 Å². The maximum atomic E-state index is 13.5. The highest BCUT2D eigenvalue weighted by molar-refractivity contribution is 7.10. The van der Waals surface area contributed by atoms with Crippen molar-refractivity contribution >= 4 is 23.3 Å². The number of hydrogen-bond donors (Lipinski definition) is 1. The van der Waals surface area contributed by atoms with Gasteiger partial charge in [-0.3, -0.25) is 4.79 Å². The van der Waals surface area contributed by atoms with Crippen LogP contribution in [0.25, 0.3) is 0 Å². The maximum absolute atomic E-state index is 13.5. The molecule has 34 heavy (non-hydrogen) atoms. The largest absolute Gasteiger partial charge is 0.491 e. The fraction of sp³-hybridized carbons (Fsp3) is 0.538. The van der Waals surface area contributed by atoms with Gasteiger partial charge in [-0.2, -0.15) is 0 Å². The molecule has 1 atom stereocenters. The van der Waals surface area contributed by atoms with Gasteiger partial charge in [0.05, 0.1) is 6.04 Å². The number of fused-ring (bicyclic) bond motifs is 1. The highest BCUT2D eigenvalue weighted by Crippen LogP contribution is 2.34. The van der Waals surface area contributed by atoms with Crippen LogP contribution in [0.5, 0.6) is 5.75 Å². The molecule has 0 fully saturated rings. The number of amides is 3. The van der Waals surface area contributed by atoms with E-state index in [4.69, 9.17) is 4.74 Å². The molecule has 0 radical (unpaired) electrons. The van der Waals surface area contributed by atoms with Crippen LogP contribution in [0.1, 0.15) is 57.5 Å². The Morgan fingerprint density at radius 3 is 2.59 bits per heavy atom. The fourth-order valence-electron chi connectivity index (χ4n) is 3.90. The van der Waals surface area contributed by atoms with Crippen molar-refractivity contribution in [2.24, 2.45) is 5.92 Å². The molecule has 0 bridgehead atoms. The first-order valence-electron chi connectivity index (χ1n) is 11.8. The molecule has 0 aliphatic carbocycles. The summed E-state index contributed by atoms with van der Waals surface area (Å²) in [5, 5.41) is 5.02. The average Bonchev–Trinajstić information content (AvgIpc) is 3.23. The van der Waals surface area contributed by atoms with Gasteiger partial charge in [-0.05, 0) is 80.8 Å². The molecular weight excluding hydrogens is 453 g/mol. The maximum Gasteiger partial charge on any atom is 0.318 e. The zero-order chi connectivity index (χ0) is 24.9. The third-order valence-corrected chi connectivity index (χ3v) is 6.70. The molecular formula is C26H36FN3O3S. The Hall–Kier alpha value is -2.61. The first-order valence-corrected chi connectivity index (χ1v) is 12.7. The number of carbonyl (C=O) groups excluding carboxylic acids is 2. The summed E-state index contributed by atoms with van der Waals surface area (Å²) in [4.78, 5) is 31.2. The first-order chi connectivity index (χ1) is 16.0. The van der Waals surface area contributed by atoms with Crippen LogP contribution in [0.4, 0.5) is 9.18 Å². The van der Waals surface area contributed by atoms with Gasteiger partial charge in [0.1, 0.15) is 24.7 Å². The van der Waals surface area contributed by atoms with E-state index in [1.54, 1.807) is 28.4 Å². The molecule has 2 aromatic rings. The predicted octanol–water partition coefficient (Wildman–Crippen LogP) is 5.25. The number of thiophene rings is 1. The van der Waals surface area contributed by atoms with E-state index in [2.05, 4.69) is 19.2 Å². The highest BCUT2D eigenvalue weighted by atomic mass is 32.1. The smallest absolute Gasteiger partial charge is 0.318 e. The number of carbonyl (C=O) groups is 2. The predicted molar refractivity (Wildman–Crippen MR) is 134 cm³/mol. The fourth-order valence-corrected chi connectivity index (χ4v) is 4.83. The van der Waals surface area contributed by atoms with E-state index in [9.17, 15) is 14.0 Å². The summed E-state index contributed by atoms with van der Waals surface area (Å²) in [6.07, 6.45) is 1.60. The minimum absolute atomic E-state index is 0.0150. The number of nitrogens with zero attached hydrogens (tertiary/aromatic N) is 2. The highest BCUT2D eigenvalue weighted by Gasteiger charge is 2.34. The Balaban J connectivity index is 1.75. The SMILES string of the molecule is CC(C)CCN(CC(=O)N1CCc2sccc2[C@H]1COc1ccc(F)cc1)C(=O)NC(C)(C)C. The topological polar surface area (TPSA) is 61.9 Å². The number of ether oxygens (including phenoxy) is 1. The van der Waals surface area contributed by atoms with E-state index < -0.39 is 5.54 Å². The summed E-state index contributed by atoms with van der Waals surface area (Å²) in [5.74, 6) is 0.550. The van der Waals surface area contributed by atoms with Crippen LogP contribution >= 0.6 is 11.3 Å². The summed E-state index contributed by atoms with van der Waals surface area (Å²) in [6.45, 7) is 11.4. The molecule has 6 nitrogen and oxygen atoms in total. The second-order valence-electron chi connectivity index (χ2n) is 10.2. The van der Waals surface area contributed by atoms with Crippen molar-refractivity contribution in [3.05, 3.63) is 52.0 Å². The molecule has 8 heteroatoms. The Bertz CT molecular complexity index is 968. The number of urea groups is 1. The van der Waals surface area contributed by atoms with Crippen molar-refractivity contribution in [2.45, 2.75) is 59.0 Å².